The third-order valence-electron chi connectivity index (χ3n) is 4.15. The van der Waals surface area contributed by atoms with Gasteiger partial charge in [-0.1, -0.05) is 17.3 Å². The number of hydrogen-bond acceptors (Lipinski definition) is 6. The van der Waals surface area contributed by atoms with Crippen LogP contribution in [0.2, 0.25) is 0 Å². The van der Waals surface area contributed by atoms with Gasteiger partial charge in [-0.3, -0.25) is 0 Å². The molecule has 1 N–H and O–H groups in total. The number of hydrogen-bond donors (Lipinski definition) is 1. The van der Waals surface area contributed by atoms with Crippen LogP contribution >= 0.6 is 0 Å². The molecule has 8 heteroatoms. The Labute approximate surface area is 152 Å². The van der Waals surface area contributed by atoms with E-state index >= 15 is 0 Å². The number of sulfonamides is 1. The number of phenolic OH excluding ortho intramolecular Hbond substituents is 1. The summed E-state index contributed by atoms with van der Waals surface area (Å²) in [5.41, 5.74) is 0.183. The van der Waals surface area contributed by atoms with Crippen molar-refractivity contribution in [2.75, 3.05) is 14.1 Å². The van der Waals surface area contributed by atoms with E-state index in [1.54, 1.807) is 36.4 Å². The van der Waals surface area contributed by atoms with Gasteiger partial charge in [0.1, 0.15) is 11.5 Å². The van der Waals surface area contributed by atoms with Gasteiger partial charge in [-0.2, -0.15) is 0 Å². The predicted octanol–water partition coefficient (Wildman–Crippen LogP) is 2.67. The molecule has 0 saturated heterocycles. The van der Waals surface area contributed by atoms with Crippen LogP contribution in [0.15, 0.2) is 58.6 Å². The molecule has 0 aliphatic carbocycles. The molecule has 0 spiro atoms. The fourth-order valence-electron chi connectivity index (χ4n) is 2.55. The van der Waals surface area contributed by atoms with Gasteiger partial charge in [-0.15, -0.1) is 0 Å². The van der Waals surface area contributed by atoms with Crippen LogP contribution in [0.4, 0.5) is 0 Å². The van der Waals surface area contributed by atoms with E-state index in [2.05, 4.69) is 5.16 Å². The summed E-state index contributed by atoms with van der Waals surface area (Å²) in [6.45, 7) is 1.88. The second kappa shape index (κ2) is 6.62. The number of oxime groups is 1. The highest BCUT2D eigenvalue weighted by Gasteiger charge is 2.37. The Hall–Kier alpha value is -2.58. The lowest BCUT2D eigenvalue weighted by Gasteiger charge is -2.21. The second-order valence-electron chi connectivity index (χ2n) is 6.39. The first-order chi connectivity index (χ1) is 12.2. The van der Waals surface area contributed by atoms with Crippen molar-refractivity contribution in [1.82, 2.24) is 4.31 Å². The van der Waals surface area contributed by atoms with Crippen molar-refractivity contribution in [3.05, 3.63) is 54.1 Å². The van der Waals surface area contributed by atoms with Crippen LogP contribution in [-0.4, -0.2) is 37.8 Å². The molecule has 2 aromatic rings. The van der Waals surface area contributed by atoms with Crippen LogP contribution < -0.4 is 4.74 Å². The molecule has 0 fully saturated rings. The lowest BCUT2D eigenvalue weighted by molar-refractivity contribution is -0.00742. The Morgan fingerprint density at radius 1 is 1.12 bits per heavy atom. The molecule has 0 unspecified atom stereocenters. The molecule has 1 atom stereocenters. The third-order valence-corrected chi connectivity index (χ3v) is 5.98. The van der Waals surface area contributed by atoms with Crippen LogP contribution in [0.3, 0.4) is 0 Å². The van der Waals surface area contributed by atoms with Crippen LogP contribution in [0, 0.1) is 0 Å². The van der Waals surface area contributed by atoms with Gasteiger partial charge in [0, 0.05) is 14.1 Å². The van der Waals surface area contributed by atoms with Crippen molar-refractivity contribution < 1.29 is 23.1 Å². The molecule has 0 aromatic heterocycles. The van der Waals surface area contributed by atoms with Crippen molar-refractivity contribution >= 4 is 15.9 Å². The van der Waals surface area contributed by atoms with Gasteiger partial charge in [-0.25, -0.2) is 12.7 Å². The minimum Gasteiger partial charge on any atom is -0.508 e. The van der Waals surface area contributed by atoms with Gasteiger partial charge in [0.05, 0.1) is 11.3 Å². The third kappa shape index (κ3) is 3.51. The molecule has 26 heavy (non-hydrogen) atoms. The minimum atomic E-state index is -3.48. The Morgan fingerprint density at radius 2 is 1.73 bits per heavy atom. The van der Waals surface area contributed by atoms with Crippen molar-refractivity contribution in [3.63, 3.8) is 0 Å². The number of ether oxygens (including phenoxy) is 1. The molecule has 0 saturated carbocycles. The lowest BCUT2D eigenvalue weighted by atomic mass is 9.93. The second-order valence-corrected chi connectivity index (χ2v) is 8.54. The SMILES string of the molecule is CN(C)S(=O)(=O)c1ccc(OC2=NO[C@@](C)(c3ccc(O)cc3)C2)cc1. The van der Waals surface area contributed by atoms with E-state index in [0.29, 0.717) is 18.1 Å². The number of nitrogens with zero attached hydrogens (tertiary/aromatic N) is 2. The van der Waals surface area contributed by atoms with Crippen molar-refractivity contribution in [1.29, 1.82) is 0 Å². The van der Waals surface area contributed by atoms with E-state index in [4.69, 9.17) is 9.57 Å². The van der Waals surface area contributed by atoms with E-state index < -0.39 is 15.6 Å². The quantitative estimate of drug-likeness (QED) is 0.886. The van der Waals surface area contributed by atoms with E-state index in [1.807, 2.05) is 6.92 Å². The summed E-state index contributed by atoms with van der Waals surface area (Å²) in [6.07, 6.45) is 0.412. The van der Waals surface area contributed by atoms with Crippen LogP contribution in [0.25, 0.3) is 0 Å². The monoisotopic (exact) mass is 376 g/mol. The zero-order valence-corrected chi connectivity index (χ0v) is 15.5. The van der Waals surface area contributed by atoms with Crippen molar-refractivity contribution in [2.24, 2.45) is 5.16 Å². The molecule has 1 aliphatic rings. The van der Waals surface area contributed by atoms with E-state index in [0.717, 1.165) is 9.87 Å². The zero-order valence-electron chi connectivity index (χ0n) is 14.7. The van der Waals surface area contributed by atoms with E-state index in [-0.39, 0.29) is 10.6 Å². The highest BCUT2D eigenvalue weighted by atomic mass is 32.2. The maximum absolute atomic E-state index is 12.1. The Kier molecular flexibility index (Phi) is 4.64. The number of benzene rings is 2. The molecular weight excluding hydrogens is 356 g/mol. The normalized spacial score (nSPS) is 19.9. The summed E-state index contributed by atoms with van der Waals surface area (Å²) >= 11 is 0. The number of aromatic hydroxyl groups is 1. The van der Waals surface area contributed by atoms with E-state index in [1.165, 1.54) is 26.2 Å². The lowest BCUT2D eigenvalue weighted by Crippen LogP contribution is -2.23. The van der Waals surface area contributed by atoms with Gasteiger partial charge in [0.25, 0.3) is 0 Å². The number of phenols is 1. The number of rotatable bonds is 4. The first-order valence-electron chi connectivity index (χ1n) is 7.96. The molecule has 7 nitrogen and oxygen atoms in total. The fraction of sp³-hybridized carbons (Fsp3) is 0.278. The zero-order chi connectivity index (χ0) is 18.9. The molecule has 0 radical (unpaired) electrons. The molecular formula is C18H20N2O5S. The largest absolute Gasteiger partial charge is 0.508 e. The summed E-state index contributed by atoms with van der Waals surface area (Å²) in [5, 5.41) is 13.4. The first-order valence-corrected chi connectivity index (χ1v) is 9.40. The Morgan fingerprint density at radius 3 is 2.31 bits per heavy atom. The predicted molar refractivity (Wildman–Crippen MR) is 96.5 cm³/mol. The van der Waals surface area contributed by atoms with Gasteiger partial charge < -0.3 is 14.7 Å². The van der Waals surface area contributed by atoms with Crippen molar-refractivity contribution in [2.45, 2.75) is 23.8 Å². The molecule has 138 valence electrons. The molecule has 0 amide bonds. The maximum atomic E-state index is 12.1. The smallest absolute Gasteiger partial charge is 0.242 e. The Bertz CT molecular complexity index is 921. The van der Waals surface area contributed by atoms with Gasteiger partial charge in [-0.05, 0) is 48.9 Å². The first kappa shape index (κ1) is 18.2. The minimum absolute atomic E-state index is 0.181. The van der Waals surface area contributed by atoms with Gasteiger partial charge in [0.15, 0.2) is 5.60 Å². The molecule has 2 aromatic carbocycles. The van der Waals surface area contributed by atoms with Gasteiger partial charge in [0.2, 0.25) is 15.9 Å². The summed E-state index contributed by atoms with van der Waals surface area (Å²) in [6, 6.07) is 12.9. The molecule has 1 aliphatic heterocycles. The standard InChI is InChI=1S/C18H20N2O5S/c1-18(13-4-6-14(21)7-5-13)12-17(19-25-18)24-15-8-10-16(11-9-15)26(22,23)20(2)3/h4-11,21H,12H2,1-3H3/t18-/m1/s1. The van der Waals surface area contributed by atoms with Crippen LogP contribution in [0.5, 0.6) is 11.5 Å². The topological polar surface area (TPSA) is 88.4 Å². The molecule has 0 bridgehead atoms. The average Bonchev–Trinajstić information content (AvgIpc) is 2.98. The van der Waals surface area contributed by atoms with Crippen LogP contribution in [0.1, 0.15) is 18.9 Å². The molecule has 1 heterocycles. The fourth-order valence-corrected chi connectivity index (χ4v) is 3.46. The van der Waals surface area contributed by atoms with E-state index in [9.17, 15) is 13.5 Å². The van der Waals surface area contributed by atoms with Crippen molar-refractivity contribution in [3.8, 4) is 11.5 Å². The average molecular weight is 376 g/mol. The summed E-state index contributed by atoms with van der Waals surface area (Å²) < 4.78 is 31.0. The Balaban J connectivity index is 1.70. The van der Waals surface area contributed by atoms with Gasteiger partial charge >= 0.3 is 0 Å². The molecule has 3 rings (SSSR count). The maximum Gasteiger partial charge on any atom is 0.242 e. The summed E-state index contributed by atoms with van der Waals surface area (Å²) in [5.74, 6) is 1.05. The summed E-state index contributed by atoms with van der Waals surface area (Å²) in [4.78, 5) is 5.73. The highest BCUT2D eigenvalue weighted by molar-refractivity contribution is 7.89. The summed E-state index contributed by atoms with van der Waals surface area (Å²) in [7, 11) is -0.515. The van der Waals surface area contributed by atoms with Crippen LogP contribution in [-0.2, 0) is 20.5 Å². The highest BCUT2D eigenvalue weighted by Crippen LogP contribution is 2.35.